The molecule has 268 valence electrons. The molecule has 11 nitrogen and oxygen atoms in total. The number of carbonyl (C=O) groups is 1. The minimum absolute atomic E-state index is 0.0191. The number of carbonyl (C=O) groups excluding carboxylic acids is 1. The van der Waals surface area contributed by atoms with E-state index >= 15 is 0 Å². The molecule has 3 aliphatic heterocycles. The molecule has 8 rings (SSSR count). The van der Waals surface area contributed by atoms with Crippen LogP contribution in [-0.4, -0.2) is 68.2 Å². The number of halogens is 2. The number of hydrogen-bond donors (Lipinski definition) is 3. The highest BCUT2D eigenvalue weighted by molar-refractivity contribution is 5.93. The van der Waals surface area contributed by atoms with Crippen LogP contribution in [0.3, 0.4) is 0 Å². The Morgan fingerprint density at radius 3 is 2.50 bits per heavy atom. The molecule has 1 unspecified atom stereocenters. The van der Waals surface area contributed by atoms with Gasteiger partial charge in [0, 0.05) is 57.2 Å². The summed E-state index contributed by atoms with van der Waals surface area (Å²) in [6, 6.07) is 14.7. The predicted molar refractivity (Wildman–Crippen MR) is 194 cm³/mol. The van der Waals surface area contributed by atoms with E-state index < -0.39 is 28.9 Å². The van der Waals surface area contributed by atoms with Crippen molar-refractivity contribution >= 4 is 16.9 Å². The second kappa shape index (κ2) is 14.0. The number of nitrogens with one attached hydrogen (secondary N) is 3. The number of aryl methyl sites for hydroxylation is 1. The van der Waals surface area contributed by atoms with Gasteiger partial charge in [0.05, 0.1) is 17.3 Å². The van der Waals surface area contributed by atoms with Crippen LogP contribution in [0, 0.1) is 12.7 Å². The Kier molecular flexibility index (Phi) is 9.06. The molecule has 1 aliphatic carbocycles. The Morgan fingerprint density at radius 1 is 0.962 bits per heavy atom. The molecule has 52 heavy (non-hydrogen) atoms. The molecule has 1 atom stereocenters. The molecule has 1 saturated heterocycles. The monoisotopic (exact) mass is 706 g/mol. The van der Waals surface area contributed by atoms with Gasteiger partial charge in [-0.15, -0.1) is 0 Å². The number of benzene rings is 2. The molecule has 4 aromatic rings. The summed E-state index contributed by atoms with van der Waals surface area (Å²) in [6.07, 6.45) is 8.52. The number of rotatable bonds is 7. The van der Waals surface area contributed by atoms with Gasteiger partial charge in [-0.1, -0.05) is 30.3 Å². The number of amides is 1. The Bertz CT molecular complexity index is 2250. The fourth-order valence-corrected chi connectivity index (χ4v) is 7.73. The van der Waals surface area contributed by atoms with Crippen LogP contribution in [0.5, 0.6) is 0 Å². The Hall–Kier alpha value is -5.40. The van der Waals surface area contributed by atoms with E-state index in [1.54, 1.807) is 17.2 Å². The van der Waals surface area contributed by atoms with E-state index in [1.807, 2.05) is 19.1 Å². The lowest BCUT2D eigenvalue weighted by Gasteiger charge is -2.30. The zero-order chi connectivity index (χ0) is 35.9. The van der Waals surface area contributed by atoms with Crippen LogP contribution in [-0.2, 0) is 11.3 Å². The summed E-state index contributed by atoms with van der Waals surface area (Å²) < 4.78 is 30.9. The molecular formula is C39H40F2N8O3. The van der Waals surface area contributed by atoms with Crippen LogP contribution in [0.2, 0.25) is 0 Å². The molecule has 13 heteroatoms. The summed E-state index contributed by atoms with van der Waals surface area (Å²) in [5.41, 5.74) is 3.84. The summed E-state index contributed by atoms with van der Waals surface area (Å²) in [5.74, 6) is -1.38. The Labute approximate surface area is 298 Å². The molecule has 2 aromatic carbocycles. The van der Waals surface area contributed by atoms with E-state index in [0.29, 0.717) is 37.1 Å². The van der Waals surface area contributed by atoms with Crippen LogP contribution in [0.4, 0.5) is 8.78 Å². The molecule has 1 amide bonds. The van der Waals surface area contributed by atoms with E-state index in [9.17, 15) is 23.2 Å². The average molecular weight is 707 g/mol. The fraction of sp³-hybridized carbons (Fsp3) is 0.333. The Balaban J connectivity index is 1.06. The third kappa shape index (κ3) is 6.69. The topological polar surface area (TPSA) is 117 Å². The van der Waals surface area contributed by atoms with Crippen LogP contribution in [0.15, 0.2) is 100 Å². The SMILES string of the molecule is Cc1cc(-c2ccc(CN3CCNCC3)cc2)cc(-n2c(=O)n(C3CCC(NC(=O)C4=CN5C=C(F)C=CC5N4)CC3)c(=O)c3cc(F)cnc32)c1. The van der Waals surface area contributed by atoms with Gasteiger partial charge in [-0.3, -0.25) is 19.1 Å². The zero-order valence-corrected chi connectivity index (χ0v) is 28.8. The van der Waals surface area contributed by atoms with Crippen LogP contribution < -0.4 is 27.2 Å². The maximum absolute atomic E-state index is 14.6. The van der Waals surface area contributed by atoms with Crippen molar-refractivity contribution in [2.24, 2.45) is 0 Å². The van der Waals surface area contributed by atoms with Gasteiger partial charge in [0.1, 0.15) is 23.5 Å². The van der Waals surface area contributed by atoms with Gasteiger partial charge in [-0.05, 0) is 85.2 Å². The van der Waals surface area contributed by atoms with Crippen molar-refractivity contribution in [3.05, 3.63) is 129 Å². The summed E-state index contributed by atoms with van der Waals surface area (Å²) in [4.78, 5) is 49.7. The zero-order valence-electron chi connectivity index (χ0n) is 28.8. The van der Waals surface area contributed by atoms with Crippen LogP contribution >= 0.6 is 0 Å². The molecule has 0 spiro atoms. The molecule has 5 heterocycles. The van der Waals surface area contributed by atoms with Crippen LogP contribution in [0.1, 0.15) is 42.9 Å². The lowest BCUT2D eigenvalue weighted by Crippen LogP contribution is -2.46. The van der Waals surface area contributed by atoms with Gasteiger partial charge in [0.2, 0.25) is 0 Å². The number of allylic oxidation sites excluding steroid dienone is 2. The highest BCUT2D eigenvalue weighted by atomic mass is 19.1. The second-order valence-corrected chi connectivity index (χ2v) is 14.0. The number of aromatic nitrogens is 3. The first-order valence-electron chi connectivity index (χ1n) is 17.8. The van der Waals surface area contributed by atoms with Crippen molar-refractivity contribution in [2.75, 3.05) is 26.2 Å². The van der Waals surface area contributed by atoms with Gasteiger partial charge in [0.15, 0.2) is 5.65 Å². The standard InChI is InChI=1S/C39H40F2N8O3/c1-24-16-27(26-4-2-25(3-5-26)21-46-14-12-42-13-15-46)18-32(17-24)48-36-33(19-29(41)20-43-36)38(51)49(39(48)52)31-9-7-30(8-10-31)44-37(50)34-23-47-22-28(40)6-11-35(47)45-34/h2-6,11,16-20,22-23,30-31,35,42,45H,7-10,12-15,21H2,1H3,(H,44,50). The first kappa shape index (κ1) is 33.7. The molecular weight excluding hydrogens is 666 g/mol. The van der Waals surface area contributed by atoms with E-state index in [2.05, 4.69) is 56.2 Å². The lowest BCUT2D eigenvalue weighted by atomic mass is 9.90. The van der Waals surface area contributed by atoms with E-state index in [1.165, 1.54) is 27.0 Å². The van der Waals surface area contributed by atoms with Crippen molar-refractivity contribution in [3.63, 3.8) is 0 Å². The normalized spacial score (nSPS) is 21.8. The maximum Gasteiger partial charge on any atom is 0.337 e. The van der Waals surface area contributed by atoms with Crippen LogP contribution in [0.25, 0.3) is 27.8 Å². The molecule has 1 saturated carbocycles. The number of fused-ring (bicyclic) bond motifs is 2. The van der Waals surface area contributed by atoms with Crippen molar-refractivity contribution in [2.45, 2.75) is 57.4 Å². The second-order valence-electron chi connectivity index (χ2n) is 14.0. The minimum Gasteiger partial charge on any atom is -0.356 e. The van der Waals surface area contributed by atoms with Gasteiger partial charge in [0.25, 0.3) is 11.5 Å². The predicted octanol–water partition coefficient (Wildman–Crippen LogP) is 4.12. The number of pyridine rings is 1. The van der Waals surface area contributed by atoms with Crippen molar-refractivity contribution in [1.29, 1.82) is 0 Å². The highest BCUT2D eigenvalue weighted by Crippen LogP contribution is 2.30. The summed E-state index contributed by atoms with van der Waals surface area (Å²) in [6.45, 7) is 6.84. The van der Waals surface area contributed by atoms with E-state index in [-0.39, 0.29) is 29.1 Å². The van der Waals surface area contributed by atoms with Crippen molar-refractivity contribution < 1.29 is 13.6 Å². The van der Waals surface area contributed by atoms with Gasteiger partial charge in [-0.2, -0.15) is 0 Å². The molecule has 3 N–H and O–H groups in total. The third-order valence-electron chi connectivity index (χ3n) is 10.4. The quantitative estimate of drug-likeness (QED) is 0.263. The van der Waals surface area contributed by atoms with Crippen molar-refractivity contribution in [1.82, 2.24) is 39.9 Å². The maximum atomic E-state index is 14.6. The molecule has 0 bridgehead atoms. The minimum atomic E-state index is -0.668. The largest absolute Gasteiger partial charge is 0.356 e. The Morgan fingerprint density at radius 2 is 1.73 bits per heavy atom. The summed E-state index contributed by atoms with van der Waals surface area (Å²) in [5, 5.41) is 9.52. The number of piperazine rings is 1. The van der Waals surface area contributed by atoms with E-state index in [4.69, 9.17) is 0 Å². The smallest absolute Gasteiger partial charge is 0.337 e. The first-order chi connectivity index (χ1) is 25.2. The molecule has 0 radical (unpaired) electrons. The highest BCUT2D eigenvalue weighted by Gasteiger charge is 2.31. The molecule has 4 aliphatic rings. The van der Waals surface area contributed by atoms with Gasteiger partial charge < -0.3 is 20.9 Å². The number of hydrogen-bond acceptors (Lipinski definition) is 8. The summed E-state index contributed by atoms with van der Waals surface area (Å²) >= 11 is 0. The molecule has 2 fully saturated rings. The number of nitrogens with zero attached hydrogens (tertiary/aromatic N) is 5. The van der Waals surface area contributed by atoms with Crippen molar-refractivity contribution in [3.8, 4) is 16.8 Å². The third-order valence-corrected chi connectivity index (χ3v) is 10.4. The fourth-order valence-electron chi connectivity index (χ4n) is 7.73. The average Bonchev–Trinajstić information content (AvgIpc) is 3.57. The lowest BCUT2D eigenvalue weighted by molar-refractivity contribution is -0.118. The first-order valence-corrected chi connectivity index (χ1v) is 17.8. The van der Waals surface area contributed by atoms with E-state index in [0.717, 1.165) is 61.7 Å². The van der Waals surface area contributed by atoms with Gasteiger partial charge in [-0.25, -0.2) is 23.1 Å². The van der Waals surface area contributed by atoms with Gasteiger partial charge >= 0.3 is 5.69 Å². The molecule has 2 aromatic heterocycles. The summed E-state index contributed by atoms with van der Waals surface area (Å²) in [7, 11) is 0.